The zero-order valence-corrected chi connectivity index (χ0v) is 13.0. The zero-order chi connectivity index (χ0) is 15.6. The first kappa shape index (κ1) is 15.4. The van der Waals surface area contributed by atoms with Crippen LogP contribution in [0.15, 0.2) is 18.2 Å². The van der Waals surface area contributed by atoms with Crippen LogP contribution in [0.1, 0.15) is 26.3 Å². The summed E-state index contributed by atoms with van der Waals surface area (Å²) in [7, 11) is 0. The summed E-state index contributed by atoms with van der Waals surface area (Å²) in [5.41, 5.74) is 1.69. The monoisotopic (exact) mass is 290 g/mol. The normalized spacial score (nSPS) is 15.5. The molecule has 21 heavy (non-hydrogen) atoms. The number of aryl methyl sites for hydroxylation is 1. The summed E-state index contributed by atoms with van der Waals surface area (Å²) in [4.78, 5) is 25.7. The predicted octanol–water partition coefficient (Wildman–Crippen LogP) is 1.88. The minimum Gasteiger partial charge on any atom is -0.482 e. The van der Waals surface area contributed by atoms with Gasteiger partial charge in [0.2, 0.25) is 5.91 Å². The summed E-state index contributed by atoms with van der Waals surface area (Å²) in [6.07, 6.45) is 0. The molecular formula is C16H22N2O3. The number of carbonyl (C=O) groups is 2. The molecule has 1 aliphatic rings. The molecule has 0 fully saturated rings. The number of carbonyl (C=O) groups excluding carboxylic acids is 2. The molecule has 2 rings (SSSR count). The molecule has 114 valence electrons. The van der Waals surface area contributed by atoms with Crippen LogP contribution in [0.4, 0.5) is 5.69 Å². The van der Waals surface area contributed by atoms with Gasteiger partial charge in [-0.3, -0.25) is 14.5 Å². The van der Waals surface area contributed by atoms with Gasteiger partial charge in [-0.1, -0.05) is 19.9 Å². The molecule has 1 heterocycles. The van der Waals surface area contributed by atoms with Crippen LogP contribution in [0.5, 0.6) is 5.75 Å². The molecule has 5 heteroatoms. The van der Waals surface area contributed by atoms with Gasteiger partial charge in [-0.25, -0.2) is 0 Å². The zero-order valence-electron chi connectivity index (χ0n) is 13.0. The Morgan fingerprint density at radius 2 is 2.10 bits per heavy atom. The van der Waals surface area contributed by atoms with Crippen molar-refractivity contribution in [2.45, 2.75) is 33.7 Å². The van der Waals surface area contributed by atoms with Crippen LogP contribution in [0.2, 0.25) is 0 Å². The van der Waals surface area contributed by atoms with Crippen LogP contribution in [-0.2, 0) is 9.59 Å². The number of ether oxygens (including phenoxy) is 1. The number of amides is 2. The molecule has 1 aliphatic heterocycles. The van der Waals surface area contributed by atoms with Crippen molar-refractivity contribution in [1.82, 2.24) is 5.32 Å². The maximum Gasteiger partial charge on any atom is 0.265 e. The van der Waals surface area contributed by atoms with Gasteiger partial charge in [-0.2, -0.15) is 0 Å². The Balaban J connectivity index is 2.14. The second kappa shape index (κ2) is 6.16. The molecule has 2 amide bonds. The number of anilines is 1. The number of nitrogens with zero attached hydrogens (tertiary/aromatic N) is 1. The molecule has 1 N–H and O–H groups in total. The van der Waals surface area contributed by atoms with Crippen LogP contribution < -0.4 is 15.0 Å². The first-order chi connectivity index (χ1) is 9.88. The van der Waals surface area contributed by atoms with E-state index in [1.54, 1.807) is 0 Å². The lowest BCUT2D eigenvalue weighted by atomic mass is 10.1. The van der Waals surface area contributed by atoms with Crippen LogP contribution in [-0.4, -0.2) is 31.0 Å². The van der Waals surface area contributed by atoms with Crippen LogP contribution >= 0.6 is 0 Å². The SMILES string of the molecule is Cc1ccc2c(c1)N(CC(=O)N[C@H](C)C(C)C)C(=O)CO2. The molecular weight excluding hydrogens is 268 g/mol. The summed E-state index contributed by atoms with van der Waals surface area (Å²) in [6.45, 7) is 7.99. The summed E-state index contributed by atoms with van der Waals surface area (Å²) >= 11 is 0. The topological polar surface area (TPSA) is 58.6 Å². The van der Waals surface area contributed by atoms with E-state index >= 15 is 0 Å². The maximum atomic E-state index is 12.1. The molecule has 0 radical (unpaired) electrons. The highest BCUT2D eigenvalue weighted by atomic mass is 16.5. The van der Waals surface area contributed by atoms with Crippen molar-refractivity contribution in [2.75, 3.05) is 18.1 Å². The van der Waals surface area contributed by atoms with E-state index in [1.165, 1.54) is 4.90 Å². The van der Waals surface area contributed by atoms with Gasteiger partial charge < -0.3 is 10.1 Å². The first-order valence-electron chi connectivity index (χ1n) is 7.21. The van der Waals surface area contributed by atoms with Gasteiger partial charge in [0.05, 0.1) is 5.69 Å². The van der Waals surface area contributed by atoms with E-state index in [-0.39, 0.29) is 31.0 Å². The molecule has 5 nitrogen and oxygen atoms in total. The molecule has 0 bridgehead atoms. The van der Waals surface area contributed by atoms with Crippen LogP contribution in [0.25, 0.3) is 0 Å². The van der Waals surface area contributed by atoms with Crippen LogP contribution in [0.3, 0.4) is 0 Å². The lowest BCUT2D eigenvalue weighted by Gasteiger charge is -2.30. The first-order valence-corrected chi connectivity index (χ1v) is 7.21. The standard InChI is InChI=1S/C16H22N2O3/c1-10(2)12(4)17-15(19)8-18-13-7-11(3)5-6-14(13)21-9-16(18)20/h5-7,10,12H,8-9H2,1-4H3,(H,17,19)/t12-/m1/s1. The average molecular weight is 290 g/mol. The van der Waals surface area contributed by atoms with E-state index in [4.69, 9.17) is 4.74 Å². The number of fused-ring (bicyclic) bond motifs is 1. The van der Waals surface area contributed by atoms with Gasteiger partial charge in [0, 0.05) is 6.04 Å². The van der Waals surface area contributed by atoms with Crippen molar-refractivity contribution in [3.63, 3.8) is 0 Å². The van der Waals surface area contributed by atoms with Gasteiger partial charge >= 0.3 is 0 Å². The summed E-state index contributed by atoms with van der Waals surface area (Å²) < 4.78 is 5.40. The fraction of sp³-hybridized carbons (Fsp3) is 0.500. The van der Waals surface area contributed by atoms with Crippen LogP contribution in [0, 0.1) is 12.8 Å². The van der Waals surface area contributed by atoms with E-state index in [1.807, 2.05) is 45.9 Å². The fourth-order valence-corrected chi connectivity index (χ4v) is 2.10. The smallest absolute Gasteiger partial charge is 0.265 e. The Hall–Kier alpha value is -2.04. The van der Waals surface area contributed by atoms with E-state index in [0.29, 0.717) is 17.4 Å². The third kappa shape index (κ3) is 3.54. The number of nitrogens with one attached hydrogen (secondary N) is 1. The number of rotatable bonds is 4. The molecule has 0 saturated heterocycles. The Morgan fingerprint density at radius 3 is 2.76 bits per heavy atom. The van der Waals surface area contributed by atoms with Crippen molar-refractivity contribution in [3.05, 3.63) is 23.8 Å². The van der Waals surface area contributed by atoms with Gasteiger partial charge in [0.15, 0.2) is 6.61 Å². The molecule has 0 unspecified atom stereocenters. The van der Waals surface area contributed by atoms with Crippen molar-refractivity contribution in [1.29, 1.82) is 0 Å². The minimum atomic E-state index is -0.194. The van der Waals surface area contributed by atoms with E-state index < -0.39 is 0 Å². The summed E-state index contributed by atoms with van der Waals surface area (Å²) in [6, 6.07) is 5.70. The Kier molecular flexibility index (Phi) is 4.50. The number of benzene rings is 1. The molecule has 0 spiro atoms. The third-order valence-electron chi connectivity index (χ3n) is 3.75. The van der Waals surface area contributed by atoms with E-state index in [2.05, 4.69) is 5.32 Å². The highest BCUT2D eigenvalue weighted by molar-refractivity contribution is 6.02. The lowest BCUT2D eigenvalue weighted by molar-refractivity contribution is -0.125. The summed E-state index contributed by atoms with van der Waals surface area (Å²) in [5, 5.41) is 2.92. The van der Waals surface area contributed by atoms with E-state index in [0.717, 1.165) is 5.56 Å². The molecule has 1 aromatic rings. The lowest BCUT2D eigenvalue weighted by Crippen LogP contribution is -2.47. The second-order valence-electron chi connectivity index (χ2n) is 5.84. The Morgan fingerprint density at radius 1 is 1.38 bits per heavy atom. The maximum absolute atomic E-state index is 12.1. The van der Waals surface area contributed by atoms with Crippen molar-refractivity contribution in [2.24, 2.45) is 5.92 Å². The van der Waals surface area contributed by atoms with Gasteiger partial charge in [-0.15, -0.1) is 0 Å². The highest BCUT2D eigenvalue weighted by Gasteiger charge is 2.27. The largest absolute Gasteiger partial charge is 0.482 e. The number of hydrogen-bond donors (Lipinski definition) is 1. The number of hydrogen-bond acceptors (Lipinski definition) is 3. The van der Waals surface area contributed by atoms with E-state index in [9.17, 15) is 9.59 Å². The third-order valence-corrected chi connectivity index (χ3v) is 3.75. The van der Waals surface area contributed by atoms with Gasteiger partial charge in [0.25, 0.3) is 5.91 Å². The minimum absolute atomic E-state index is 0.0235. The molecule has 0 aromatic heterocycles. The fourth-order valence-electron chi connectivity index (χ4n) is 2.10. The van der Waals surface area contributed by atoms with Crippen molar-refractivity contribution >= 4 is 17.5 Å². The average Bonchev–Trinajstić information content (AvgIpc) is 2.42. The van der Waals surface area contributed by atoms with Gasteiger partial charge in [-0.05, 0) is 37.5 Å². The quantitative estimate of drug-likeness (QED) is 0.921. The molecule has 0 saturated carbocycles. The van der Waals surface area contributed by atoms with Gasteiger partial charge in [0.1, 0.15) is 12.3 Å². The Bertz CT molecular complexity index is 554. The highest BCUT2D eigenvalue weighted by Crippen LogP contribution is 2.32. The summed E-state index contributed by atoms with van der Waals surface area (Å²) in [5.74, 6) is 0.646. The van der Waals surface area contributed by atoms with Crippen molar-refractivity contribution in [3.8, 4) is 5.75 Å². The molecule has 1 atom stereocenters. The second-order valence-corrected chi connectivity index (χ2v) is 5.84. The predicted molar refractivity (Wildman–Crippen MR) is 81.5 cm³/mol. The Labute approximate surface area is 125 Å². The molecule has 1 aromatic carbocycles. The molecule has 0 aliphatic carbocycles. The van der Waals surface area contributed by atoms with Crippen molar-refractivity contribution < 1.29 is 14.3 Å².